The fourth-order valence-corrected chi connectivity index (χ4v) is 4.01. The molecule has 32 heavy (non-hydrogen) atoms. The van der Waals surface area contributed by atoms with Gasteiger partial charge in [-0.15, -0.1) is 0 Å². The van der Waals surface area contributed by atoms with E-state index < -0.39 is 92.0 Å². The smallest absolute Gasteiger partial charge is 0.308 e. The third-order valence-electron chi connectivity index (χ3n) is 5.59. The van der Waals surface area contributed by atoms with Gasteiger partial charge in [-0.3, -0.25) is 9.59 Å². The topological polar surface area (TPSA) is 211 Å². The van der Waals surface area contributed by atoms with Crippen LogP contribution in [0.15, 0.2) is 0 Å². The molecule has 0 aromatic rings. The van der Waals surface area contributed by atoms with E-state index in [0.29, 0.717) is 0 Å². The Kier molecular flexibility index (Phi) is 7.71. The Bertz CT molecular complexity index is 687. The van der Waals surface area contributed by atoms with Crippen LogP contribution in [0.3, 0.4) is 0 Å². The van der Waals surface area contributed by atoms with Crippen LogP contribution in [0.2, 0.25) is 0 Å². The molecule has 0 radical (unpaired) electrons. The van der Waals surface area contributed by atoms with Gasteiger partial charge < -0.3 is 59.1 Å². The molecule has 0 aromatic carbocycles. The van der Waals surface area contributed by atoms with E-state index in [1.54, 1.807) is 0 Å². The molecule has 3 aliphatic heterocycles. The van der Waals surface area contributed by atoms with Gasteiger partial charge in [0.2, 0.25) is 0 Å². The Labute approximate surface area is 182 Å². The van der Waals surface area contributed by atoms with Crippen LogP contribution < -0.4 is 0 Å². The molecular formula is C18H28O14. The highest BCUT2D eigenvalue weighted by atomic mass is 16.8. The molecule has 3 saturated heterocycles. The number of carboxylic acids is 2. The average Bonchev–Trinajstić information content (AvgIpc) is 2.70. The maximum Gasteiger partial charge on any atom is 0.308 e. The summed E-state index contributed by atoms with van der Waals surface area (Å²) in [6, 6.07) is 0. The van der Waals surface area contributed by atoms with Gasteiger partial charge >= 0.3 is 11.9 Å². The minimum absolute atomic E-state index is 0.200. The second-order valence-corrected chi connectivity index (χ2v) is 8.08. The van der Waals surface area contributed by atoms with Crippen LogP contribution in [0.25, 0.3) is 0 Å². The zero-order chi connectivity index (χ0) is 23.8. The van der Waals surface area contributed by atoms with Crippen molar-refractivity contribution < 1.29 is 68.6 Å². The Morgan fingerprint density at radius 1 is 0.969 bits per heavy atom. The first-order valence-corrected chi connectivity index (χ1v) is 9.92. The summed E-state index contributed by atoms with van der Waals surface area (Å²) in [6.07, 6.45) is -15.5. The first-order valence-electron chi connectivity index (χ1n) is 9.92. The largest absolute Gasteiger partial charge is 0.481 e. The third kappa shape index (κ3) is 5.20. The number of carbonyl (C=O) groups is 2. The number of carboxylic acid groups (broad SMARTS) is 2. The zero-order valence-corrected chi connectivity index (χ0v) is 17.3. The van der Waals surface area contributed by atoms with Crippen LogP contribution >= 0.6 is 0 Å². The first kappa shape index (κ1) is 25.2. The number of aliphatic hydroxyl groups excluding tert-OH is 4. The molecule has 14 nitrogen and oxygen atoms in total. The van der Waals surface area contributed by atoms with Crippen LogP contribution in [0.1, 0.15) is 19.8 Å². The predicted molar refractivity (Wildman–Crippen MR) is 97.0 cm³/mol. The number of hydrogen-bond acceptors (Lipinski definition) is 12. The number of aliphatic hydroxyl groups is 4. The summed E-state index contributed by atoms with van der Waals surface area (Å²) in [5.41, 5.74) is 0. The van der Waals surface area contributed by atoms with Crippen molar-refractivity contribution in [3.05, 3.63) is 0 Å². The fourth-order valence-electron chi connectivity index (χ4n) is 4.01. The van der Waals surface area contributed by atoms with E-state index in [4.69, 9.17) is 38.6 Å². The number of hydrogen-bond donors (Lipinski definition) is 6. The summed E-state index contributed by atoms with van der Waals surface area (Å²) in [6.45, 7) is 1.17. The summed E-state index contributed by atoms with van der Waals surface area (Å²) in [5.74, 6) is -4.02. The van der Waals surface area contributed by atoms with Crippen LogP contribution in [0, 0.1) is 0 Å². The minimum Gasteiger partial charge on any atom is -0.481 e. The lowest BCUT2D eigenvalue weighted by Crippen LogP contribution is -2.67. The van der Waals surface area contributed by atoms with Gasteiger partial charge in [-0.2, -0.15) is 0 Å². The quantitative estimate of drug-likeness (QED) is 0.220. The molecule has 0 saturated carbocycles. The molecule has 3 heterocycles. The van der Waals surface area contributed by atoms with Gasteiger partial charge in [-0.25, -0.2) is 0 Å². The SMILES string of the molecule is CO[C@@H]1OC(CC(=O)O)[C@@H](O[C@@H]2OC3COC(C)(CC(=O)O)O[C@H]3[C@@H](O)C2O)[C@@H](O)C1O. The molecule has 3 rings (SSSR count). The van der Waals surface area contributed by atoms with Crippen molar-refractivity contribution in [1.29, 1.82) is 0 Å². The molecular weight excluding hydrogens is 440 g/mol. The molecule has 6 N–H and O–H groups in total. The number of rotatable bonds is 7. The van der Waals surface area contributed by atoms with Crippen molar-refractivity contribution in [2.75, 3.05) is 13.7 Å². The molecule has 3 aliphatic rings. The van der Waals surface area contributed by atoms with Crippen LogP contribution in [0.4, 0.5) is 0 Å². The Morgan fingerprint density at radius 2 is 1.62 bits per heavy atom. The lowest BCUT2D eigenvalue weighted by Gasteiger charge is -2.50. The van der Waals surface area contributed by atoms with Gasteiger partial charge in [-0.05, 0) is 6.92 Å². The highest BCUT2D eigenvalue weighted by Crippen LogP contribution is 2.36. The molecule has 0 aromatic heterocycles. The normalized spacial score (nSPS) is 46.9. The number of methoxy groups -OCH3 is 1. The van der Waals surface area contributed by atoms with Gasteiger partial charge in [0, 0.05) is 7.11 Å². The summed E-state index contributed by atoms with van der Waals surface area (Å²) >= 11 is 0. The molecule has 0 aliphatic carbocycles. The van der Waals surface area contributed by atoms with E-state index in [9.17, 15) is 30.0 Å². The molecule has 11 atom stereocenters. The number of ether oxygens (including phenoxy) is 6. The van der Waals surface area contributed by atoms with Crippen molar-refractivity contribution in [3.8, 4) is 0 Å². The average molecular weight is 468 g/mol. The summed E-state index contributed by atoms with van der Waals surface area (Å²) < 4.78 is 32.4. The monoisotopic (exact) mass is 468 g/mol. The lowest BCUT2D eigenvalue weighted by atomic mass is 9.95. The summed E-state index contributed by atoms with van der Waals surface area (Å²) in [5, 5.41) is 59.8. The Morgan fingerprint density at radius 3 is 2.22 bits per heavy atom. The molecule has 14 heteroatoms. The van der Waals surface area contributed by atoms with E-state index in [1.165, 1.54) is 14.0 Å². The number of fused-ring (bicyclic) bond motifs is 1. The molecule has 0 bridgehead atoms. The minimum atomic E-state index is -1.72. The van der Waals surface area contributed by atoms with E-state index in [0.717, 1.165) is 0 Å². The Hall–Kier alpha value is -1.46. The highest BCUT2D eigenvalue weighted by Gasteiger charge is 2.54. The van der Waals surface area contributed by atoms with Gasteiger partial charge in [0.15, 0.2) is 18.4 Å². The van der Waals surface area contributed by atoms with Gasteiger partial charge in [0.25, 0.3) is 0 Å². The highest BCUT2D eigenvalue weighted by molar-refractivity contribution is 5.68. The standard InChI is InChI=1S/C18H28O14/c1-18(4-9(21)22)28-5-7-15(32-18)11(24)13(26)17(30-7)31-14-6(3-8(19)20)29-16(27-2)12(25)10(14)23/h6-7,10-17,23-26H,3-5H2,1-2H3,(H,19,20)(H,21,22)/t6?,7?,10-,11-,12?,13?,14+,15+,16+,17-,18?/m0/s1. The van der Waals surface area contributed by atoms with Crippen molar-refractivity contribution >= 4 is 11.9 Å². The summed E-state index contributed by atoms with van der Waals surface area (Å²) in [4.78, 5) is 22.2. The molecule has 0 amide bonds. The summed E-state index contributed by atoms with van der Waals surface area (Å²) in [7, 11) is 1.20. The van der Waals surface area contributed by atoms with Crippen LogP contribution in [-0.4, -0.2) is 123 Å². The molecule has 0 spiro atoms. The van der Waals surface area contributed by atoms with Gasteiger partial charge in [0.05, 0.1) is 19.4 Å². The van der Waals surface area contributed by atoms with E-state index >= 15 is 0 Å². The maximum atomic E-state index is 11.2. The maximum absolute atomic E-state index is 11.2. The van der Waals surface area contributed by atoms with Crippen molar-refractivity contribution in [1.82, 2.24) is 0 Å². The molecule has 5 unspecified atom stereocenters. The van der Waals surface area contributed by atoms with Crippen LogP contribution in [0.5, 0.6) is 0 Å². The predicted octanol–water partition coefficient (Wildman–Crippen LogP) is -3.01. The third-order valence-corrected chi connectivity index (χ3v) is 5.59. The van der Waals surface area contributed by atoms with Gasteiger partial charge in [-0.1, -0.05) is 0 Å². The van der Waals surface area contributed by atoms with Crippen LogP contribution in [-0.2, 0) is 38.0 Å². The van der Waals surface area contributed by atoms with E-state index in [-0.39, 0.29) is 6.61 Å². The second-order valence-electron chi connectivity index (χ2n) is 8.08. The van der Waals surface area contributed by atoms with Crippen molar-refractivity contribution in [2.24, 2.45) is 0 Å². The van der Waals surface area contributed by atoms with E-state index in [2.05, 4.69) is 0 Å². The van der Waals surface area contributed by atoms with E-state index in [1.807, 2.05) is 0 Å². The lowest BCUT2D eigenvalue weighted by molar-refractivity contribution is -0.400. The molecule has 184 valence electrons. The fraction of sp³-hybridized carbons (Fsp3) is 0.889. The second kappa shape index (κ2) is 9.80. The zero-order valence-electron chi connectivity index (χ0n) is 17.3. The number of aliphatic carboxylic acids is 2. The first-order chi connectivity index (χ1) is 15.0. The van der Waals surface area contributed by atoms with Crippen molar-refractivity contribution in [2.45, 2.75) is 87.0 Å². The van der Waals surface area contributed by atoms with Crippen molar-refractivity contribution in [3.63, 3.8) is 0 Å². The Balaban J connectivity index is 1.73. The molecule has 3 fully saturated rings. The van der Waals surface area contributed by atoms with Gasteiger partial charge in [0.1, 0.15) is 48.8 Å².